The lowest BCUT2D eigenvalue weighted by Gasteiger charge is -2.31. The molecular weight excluding hydrogens is 292 g/mol. The van der Waals surface area contributed by atoms with E-state index in [1.807, 2.05) is 6.92 Å². The molecule has 0 spiro atoms. The fraction of sp³-hybridized carbons (Fsp3) is 0.533. The van der Waals surface area contributed by atoms with Gasteiger partial charge in [-0.25, -0.2) is 0 Å². The standard InChI is InChI=1S/C15H21ClN2O3/c1-2-7-21-13-4-3-11(10-12(13)16)18-14(19)15(17)5-8-20-9-6-15/h3-4,10H,2,5-9,17H2,1H3,(H,18,19). The van der Waals surface area contributed by atoms with Crippen molar-refractivity contribution in [3.63, 3.8) is 0 Å². The van der Waals surface area contributed by atoms with Gasteiger partial charge in [0.25, 0.3) is 0 Å². The van der Waals surface area contributed by atoms with Crippen LogP contribution in [-0.2, 0) is 9.53 Å². The van der Waals surface area contributed by atoms with E-state index in [9.17, 15) is 4.79 Å². The fourth-order valence-corrected chi connectivity index (χ4v) is 2.36. The molecule has 1 fully saturated rings. The highest BCUT2D eigenvalue weighted by atomic mass is 35.5. The second-order valence-electron chi connectivity index (χ2n) is 5.22. The average Bonchev–Trinajstić information content (AvgIpc) is 2.47. The summed E-state index contributed by atoms with van der Waals surface area (Å²) in [5.41, 5.74) is 5.88. The number of nitrogens with one attached hydrogen (secondary N) is 1. The summed E-state index contributed by atoms with van der Waals surface area (Å²) in [6.07, 6.45) is 1.95. The summed E-state index contributed by atoms with van der Waals surface area (Å²) < 4.78 is 10.7. The predicted octanol–water partition coefficient (Wildman–Crippen LogP) is 2.58. The number of anilines is 1. The number of nitrogens with two attached hydrogens (primary N) is 1. The Morgan fingerprint density at radius 1 is 1.48 bits per heavy atom. The van der Waals surface area contributed by atoms with Crippen molar-refractivity contribution in [2.24, 2.45) is 5.73 Å². The number of rotatable bonds is 5. The smallest absolute Gasteiger partial charge is 0.244 e. The third kappa shape index (κ3) is 4.09. The molecule has 0 radical (unpaired) electrons. The molecule has 2 rings (SSSR count). The molecule has 1 saturated heterocycles. The van der Waals surface area contributed by atoms with Gasteiger partial charge in [-0.15, -0.1) is 0 Å². The molecule has 1 aromatic rings. The summed E-state index contributed by atoms with van der Waals surface area (Å²) >= 11 is 6.14. The predicted molar refractivity (Wildman–Crippen MR) is 82.8 cm³/mol. The summed E-state index contributed by atoms with van der Waals surface area (Å²) in [6, 6.07) is 5.19. The first-order valence-electron chi connectivity index (χ1n) is 7.15. The van der Waals surface area contributed by atoms with Crippen molar-refractivity contribution in [2.45, 2.75) is 31.7 Å². The van der Waals surface area contributed by atoms with Gasteiger partial charge in [0.2, 0.25) is 5.91 Å². The molecule has 1 aliphatic heterocycles. The van der Waals surface area contributed by atoms with Crippen LogP contribution in [0.25, 0.3) is 0 Å². The summed E-state index contributed by atoms with van der Waals surface area (Å²) in [7, 11) is 0. The third-order valence-corrected chi connectivity index (χ3v) is 3.78. The molecule has 0 atom stereocenters. The van der Waals surface area contributed by atoms with Gasteiger partial charge in [-0.3, -0.25) is 4.79 Å². The topological polar surface area (TPSA) is 73.6 Å². The van der Waals surface area contributed by atoms with E-state index in [-0.39, 0.29) is 5.91 Å². The first-order chi connectivity index (χ1) is 10.0. The SMILES string of the molecule is CCCOc1ccc(NC(=O)C2(N)CCOCC2)cc1Cl. The minimum absolute atomic E-state index is 0.205. The maximum absolute atomic E-state index is 12.3. The summed E-state index contributed by atoms with van der Waals surface area (Å²) in [5, 5.41) is 3.29. The van der Waals surface area contributed by atoms with E-state index < -0.39 is 5.54 Å². The Hall–Kier alpha value is -1.30. The lowest BCUT2D eigenvalue weighted by molar-refractivity contribution is -0.124. The molecule has 116 valence electrons. The van der Waals surface area contributed by atoms with Crippen LogP contribution in [0.5, 0.6) is 5.75 Å². The van der Waals surface area contributed by atoms with Gasteiger partial charge >= 0.3 is 0 Å². The number of hydrogen-bond donors (Lipinski definition) is 2. The van der Waals surface area contributed by atoms with Crippen LogP contribution in [0.3, 0.4) is 0 Å². The highest BCUT2D eigenvalue weighted by Gasteiger charge is 2.35. The Balaban J connectivity index is 2.02. The van der Waals surface area contributed by atoms with E-state index in [0.29, 0.717) is 49.1 Å². The van der Waals surface area contributed by atoms with E-state index in [0.717, 1.165) is 6.42 Å². The zero-order valence-corrected chi connectivity index (χ0v) is 12.9. The molecule has 1 aromatic carbocycles. The van der Waals surface area contributed by atoms with Crippen LogP contribution in [0.2, 0.25) is 5.02 Å². The Morgan fingerprint density at radius 2 is 2.19 bits per heavy atom. The highest BCUT2D eigenvalue weighted by molar-refractivity contribution is 6.32. The van der Waals surface area contributed by atoms with E-state index in [4.69, 9.17) is 26.8 Å². The van der Waals surface area contributed by atoms with Gasteiger partial charge in [0.05, 0.1) is 11.6 Å². The van der Waals surface area contributed by atoms with Crippen LogP contribution >= 0.6 is 11.6 Å². The third-order valence-electron chi connectivity index (χ3n) is 3.49. The zero-order valence-electron chi connectivity index (χ0n) is 12.2. The molecule has 6 heteroatoms. The van der Waals surface area contributed by atoms with E-state index in [1.54, 1.807) is 18.2 Å². The second-order valence-corrected chi connectivity index (χ2v) is 5.62. The molecular formula is C15H21ClN2O3. The molecule has 0 unspecified atom stereocenters. The minimum atomic E-state index is -0.873. The molecule has 1 heterocycles. The molecule has 5 nitrogen and oxygen atoms in total. The number of hydrogen-bond acceptors (Lipinski definition) is 4. The van der Waals surface area contributed by atoms with Crippen molar-refractivity contribution < 1.29 is 14.3 Å². The largest absolute Gasteiger partial charge is 0.492 e. The van der Waals surface area contributed by atoms with Crippen molar-refractivity contribution >= 4 is 23.2 Å². The van der Waals surface area contributed by atoms with Crippen molar-refractivity contribution in [1.82, 2.24) is 0 Å². The van der Waals surface area contributed by atoms with Crippen LogP contribution in [0.4, 0.5) is 5.69 Å². The maximum Gasteiger partial charge on any atom is 0.244 e. The lowest BCUT2D eigenvalue weighted by Crippen LogP contribution is -2.54. The number of halogens is 1. The van der Waals surface area contributed by atoms with Gasteiger partial charge in [-0.1, -0.05) is 18.5 Å². The van der Waals surface area contributed by atoms with Gasteiger partial charge in [-0.05, 0) is 37.5 Å². The number of amides is 1. The highest BCUT2D eigenvalue weighted by Crippen LogP contribution is 2.28. The van der Waals surface area contributed by atoms with Gasteiger partial charge in [0.1, 0.15) is 11.3 Å². The Bertz CT molecular complexity index is 502. The maximum atomic E-state index is 12.3. The average molecular weight is 313 g/mol. The van der Waals surface area contributed by atoms with E-state index in [2.05, 4.69) is 5.32 Å². The van der Waals surface area contributed by atoms with Crippen molar-refractivity contribution in [1.29, 1.82) is 0 Å². The van der Waals surface area contributed by atoms with Gasteiger partial charge < -0.3 is 20.5 Å². The van der Waals surface area contributed by atoms with Crippen LogP contribution in [-0.4, -0.2) is 31.3 Å². The summed E-state index contributed by atoms with van der Waals surface area (Å²) in [6.45, 7) is 3.65. The molecule has 1 aliphatic rings. The van der Waals surface area contributed by atoms with Crippen LogP contribution in [0, 0.1) is 0 Å². The van der Waals surface area contributed by atoms with Gasteiger partial charge in [0, 0.05) is 18.9 Å². The summed E-state index contributed by atoms with van der Waals surface area (Å²) in [5.74, 6) is 0.411. The number of ether oxygens (including phenoxy) is 2. The first kappa shape index (κ1) is 16.1. The molecule has 1 amide bonds. The number of carbonyl (C=O) groups is 1. The summed E-state index contributed by atoms with van der Waals surface area (Å²) in [4.78, 5) is 12.3. The van der Waals surface area contributed by atoms with Gasteiger partial charge in [-0.2, -0.15) is 0 Å². The molecule has 0 aromatic heterocycles. The van der Waals surface area contributed by atoms with Crippen molar-refractivity contribution in [2.75, 3.05) is 25.1 Å². The zero-order chi connectivity index (χ0) is 15.3. The van der Waals surface area contributed by atoms with Crippen LogP contribution in [0.15, 0.2) is 18.2 Å². The van der Waals surface area contributed by atoms with Crippen molar-refractivity contribution in [3.05, 3.63) is 23.2 Å². The lowest BCUT2D eigenvalue weighted by atomic mass is 9.90. The van der Waals surface area contributed by atoms with Gasteiger partial charge in [0.15, 0.2) is 0 Å². The minimum Gasteiger partial charge on any atom is -0.492 e. The molecule has 21 heavy (non-hydrogen) atoms. The molecule has 0 saturated carbocycles. The van der Waals surface area contributed by atoms with E-state index >= 15 is 0 Å². The Labute approximate surface area is 129 Å². The van der Waals surface area contributed by atoms with E-state index in [1.165, 1.54) is 0 Å². The monoisotopic (exact) mass is 312 g/mol. The normalized spacial score (nSPS) is 17.3. The fourth-order valence-electron chi connectivity index (χ4n) is 2.13. The Kier molecular flexibility index (Phi) is 5.45. The number of benzene rings is 1. The Morgan fingerprint density at radius 3 is 2.81 bits per heavy atom. The quantitative estimate of drug-likeness (QED) is 0.876. The molecule has 0 aliphatic carbocycles. The molecule has 0 bridgehead atoms. The number of carbonyl (C=O) groups excluding carboxylic acids is 1. The van der Waals surface area contributed by atoms with Crippen molar-refractivity contribution in [3.8, 4) is 5.75 Å². The van der Waals surface area contributed by atoms with Crippen LogP contribution in [0.1, 0.15) is 26.2 Å². The molecule has 3 N–H and O–H groups in total. The second kappa shape index (κ2) is 7.11. The van der Waals surface area contributed by atoms with Crippen LogP contribution < -0.4 is 15.8 Å². The first-order valence-corrected chi connectivity index (χ1v) is 7.53.